The van der Waals surface area contributed by atoms with Crippen molar-refractivity contribution in [1.82, 2.24) is 5.32 Å². The SMILES string of the molecule is N#Cc1ccc(F)c(CNCc2ccccc2)c1. The fourth-order valence-electron chi connectivity index (χ4n) is 1.72. The molecule has 18 heavy (non-hydrogen) atoms. The summed E-state index contributed by atoms with van der Waals surface area (Å²) in [6.45, 7) is 1.09. The van der Waals surface area contributed by atoms with Gasteiger partial charge in [0.05, 0.1) is 11.6 Å². The number of hydrogen-bond acceptors (Lipinski definition) is 2. The average molecular weight is 240 g/mol. The van der Waals surface area contributed by atoms with Gasteiger partial charge in [-0.05, 0) is 23.8 Å². The summed E-state index contributed by atoms with van der Waals surface area (Å²) >= 11 is 0. The maximum atomic E-state index is 13.5. The Bertz CT molecular complexity index is 558. The first-order valence-electron chi connectivity index (χ1n) is 5.73. The van der Waals surface area contributed by atoms with Crippen molar-refractivity contribution in [1.29, 1.82) is 5.26 Å². The molecule has 0 aliphatic rings. The van der Waals surface area contributed by atoms with E-state index in [1.165, 1.54) is 12.1 Å². The number of benzene rings is 2. The third-order valence-electron chi connectivity index (χ3n) is 2.66. The molecule has 0 heterocycles. The highest BCUT2D eigenvalue weighted by Crippen LogP contribution is 2.10. The number of nitrogens with one attached hydrogen (secondary N) is 1. The Morgan fingerprint density at radius 3 is 2.56 bits per heavy atom. The van der Waals surface area contributed by atoms with E-state index in [1.54, 1.807) is 6.07 Å². The van der Waals surface area contributed by atoms with Crippen molar-refractivity contribution in [2.75, 3.05) is 0 Å². The van der Waals surface area contributed by atoms with Crippen LogP contribution >= 0.6 is 0 Å². The fraction of sp³-hybridized carbons (Fsp3) is 0.133. The van der Waals surface area contributed by atoms with Crippen molar-refractivity contribution in [3.05, 3.63) is 71.0 Å². The lowest BCUT2D eigenvalue weighted by atomic mass is 10.1. The first kappa shape index (κ1) is 12.3. The minimum absolute atomic E-state index is 0.283. The Morgan fingerprint density at radius 1 is 1.06 bits per heavy atom. The summed E-state index contributed by atoms with van der Waals surface area (Å²) in [6, 6.07) is 16.3. The Kier molecular flexibility index (Phi) is 4.06. The lowest BCUT2D eigenvalue weighted by molar-refractivity contribution is 0.587. The van der Waals surface area contributed by atoms with Crippen molar-refractivity contribution in [3.63, 3.8) is 0 Å². The summed E-state index contributed by atoms with van der Waals surface area (Å²) in [6.07, 6.45) is 0. The molecule has 0 unspecified atom stereocenters. The standard InChI is InChI=1S/C15H13FN2/c16-15-7-6-13(9-17)8-14(15)11-18-10-12-4-2-1-3-5-12/h1-8,18H,10-11H2. The van der Waals surface area contributed by atoms with Crippen molar-refractivity contribution in [3.8, 4) is 6.07 Å². The predicted molar refractivity (Wildman–Crippen MR) is 68.1 cm³/mol. The summed E-state index contributed by atoms with van der Waals surface area (Å²) in [5.41, 5.74) is 2.15. The summed E-state index contributed by atoms with van der Waals surface area (Å²) in [5.74, 6) is -0.283. The third-order valence-corrected chi connectivity index (χ3v) is 2.66. The van der Waals surface area contributed by atoms with Gasteiger partial charge < -0.3 is 5.32 Å². The van der Waals surface area contributed by atoms with Crippen molar-refractivity contribution >= 4 is 0 Å². The molecule has 0 aliphatic carbocycles. The van der Waals surface area contributed by atoms with E-state index in [0.717, 1.165) is 5.56 Å². The van der Waals surface area contributed by atoms with Crippen LogP contribution in [-0.4, -0.2) is 0 Å². The quantitative estimate of drug-likeness (QED) is 0.891. The van der Waals surface area contributed by atoms with Crippen LogP contribution in [0.3, 0.4) is 0 Å². The lowest BCUT2D eigenvalue weighted by Crippen LogP contribution is -2.13. The van der Waals surface area contributed by atoms with E-state index >= 15 is 0 Å². The highest BCUT2D eigenvalue weighted by molar-refractivity contribution is 5.33. The average Bonchev–Trinajstić information content (AvgIpc) is 2.42. The molecule has 0 amide bonds. The number of nitrogens with zero attached hydrogens (tertiary/aromatic N) is 1. The molecule has 0 fully saturated rings. The summed E-state index contributed by atoms with van der Waals surface area (Å²) in [5, 5.41) is 11.9. The van der Waals surface area contributed by atoms with E-state index in [4.69, 9.17) is 5.26 Å². The van der Waals surface area contributed by atoms with Crippen LogP contribution in [-0.2, 0) is 13.1 Å². The number of nitriles is 1. The number of hydrogen-bond donors (Lipinski definition) is 1. The van der Waals surface area contributed by atoms with E-state index in [2.05, 4.69) is 5.32 Å². The van der Waals surface area contributed by atoms with E-state index < -0.39 is 0 Å². The summed E-state index contributed by atoms with van der Waals surface area (Å²) in [7, 11) is 0. The minimum Gasteiger partial charge on any atom is -0.309 e. The summed E-state index contributed by atoms with van der Waals surface area (Å²) in [4.78, 5) is 0. The molecule has 0 atom stereocenters. The van der Waals surface area contributed by atoms with Crippen LogP contribution < -0.4 is 5.32 Å². The maximum Gasteiger partial charge on any atom is 0.127 e. The first-order chi connectivity index (χ1) is 8.79. The molecular formula is C15H13FN2. The van der Waals surface area contributed by atoms with Gasteiger partial charge in [0.2, 0.25) is 0 Å². The minimum atomic E-state index is -0.283. The van der Waals surface area contributed by atoms with Crippen LogP contribution in [0.1, 0.15) is 16.7 Å². The highest BCUT2D eigenvalue weighted by atomic mass is 19.1. The second kappa shape index (κ2) is 5.95. The third kappa shape index (κ3) is 3.16. The molecule has 0 aromatic heterocycles. The second-order valence-electron chi connectivity index (χ2n) is 4.01. The van der Waals surface area contributed by atoms with Crippen LogP contribution in [0.25, 0.3) is 0 Å². The molecule has 0 radical (unpaired) electrons. The van der Waals surface area contributed by atoms with Crippen LogP contribution in [0.15, 0.2) is 48.5 Å². The van der Waals surface area contributed by atoms with Gasteiger partial charge >= 0.3 is 0 Å². The van der Waals surface area contributed by atoms with Crippen LogP contribution in [0.5, 0.6) is 0 Å². The first-order valence-corrected chi connectivity index (χ1v) is 5.73. The molecule has 2 nitrogen and oxygen atoms in total. The Hall–Kier alpha value is -2.18. The van der Waals surface area contributed by atoms with Gasteiger partial charge in [0.25, 0.3) is 0 Å². The molecule has 2 aromatic carbocycles. The molecule has 0 spiro atoms. The Balaban J connectivity index is 1.96. The van der Waals surface area contributed by atoms with Crippen LogP contribution in [0.4, 0.5) is 4.39 Å². The second-order valence-corrected chi connectivity index (χ2v) is 4.01. The molecule has 3 heteroatoms. The lowest BCUT2D eigenvalue weighted by Gasteiger charge is -2.06. The van der Waals surface area contributed by atoms with Crippen LogP contribution in [0, 0.1) is 17.1 Å². The zero-order chi connectivity index (χ0) is 12.8. The zero-order valence-electron chi connectivity index (χ0n) is 9.86. The Morgan fingerprint density at radius 2 is 1.83 bits per heavy atom. The normalized spacial score (nSPS) is 10.0. The van der Waals surface area contributed by atoms with Crippen LogP contribution in [0.2, 0.25) is 0 Å². The van der Waals surface area contributed by atoms with E-state index in [9.17, 15) is 4.39 Å². The molecule has 2 aromatic rings. The van der Waals surface area contributed by atoms with Gasteiger partial charge in [0, 0.05) is 18.7 Å². The van der Waals surface area contributed by atoms with Gasteiger partial charge in [0.15, 0.2) is 0 Å². The molecular weight excluding hydrogens is 227 g/mol. The van der Waals surface area contributed by atoms with Gasteiger partial charge in [-0.1, -0.05) is 30.3 Å². The van der Waals surface area contributed by atoms with Gasteiger partial charge in [0.1, 0.15) is 5.82 Å². The molecule has 0 saturated heterocycles. The van der Waals surface area contributed by atoms with Gasteiger partial charge in [-0.15, -0.1) is 0 Å². The molecule has 0 aliphatic heterocycles. The van der Waals surface area contributed by atoms with Crippen molar-refractivity contribution < 1.29 is 4.39 Å². The maximum absolute atomic E-state index is 13.5. The van der Waals surface area contributed by atoms with Gasteiger partial charge in [-0.2, -0.15) is 5.26 Å². The molecule has 2 rings (SSSR count). The van der Waals surface area contributed by atoms with Gasteiger partial charge in [-0.25, -0.2) is 4.39 Å². The molecule has 1 N–H and O–H groups in total. The monoisotopic (exact) mass is 240 g/mol. The summed E-state index contributed by atoms with van der Waals surface area (Å²) < 4.78 is 13.5. The fourth-order valence-corrected chi connectivity index (χ4v) is 1.72. The smallest absolute Gasteiger partial charge is 0.127 e. The number of rotatable bonds is 4. The topological polar surface area (TPSA) is 35.8 Å². The Labute approximate surface area is 106 Å². The molecule has 90 valence electrons. The van der Waals surface area contributed by atoms with E-state index in [-0.39, 0.29) is 5.82 Å². The predicted octanol–water partition coefficient (Wildman–Crippen LogP) is 2.99. The van der Waals surface area contributed by atoms with Crippen molar-refractivity contribution in [2.45, 2.75) is 13.1 Å². The number of halogens is 1. The zero-order valence-corrected chi connectivity index (χ0v) is 9.86. The highest BCUT2D eigenvalue weighted by Gasteiger charge is 2.03. The van der Waals surface area contributed by atoms with Crippen molar-refractivity contribution in [2.24, 2.45) is 0 Å². The largest absolute Gasteiger partial charge is 0.309 e. The molecule has 0 bridgehead atoms. The van der Waals surface area contributed by atoms with E-state index in [1.807, 2.05) is 36.4 Å². The van der Waals surface area contributed by atoms with Gasteiger partial charge in [-0.3, -0.25) is 0 Å². The van der Waals surface area contributed by atoms with E-state index in [0.29, 0.717) is 24.2 Å². The molecule has 0 saturated carbocycles.